The minimum absolute atomic E-state index is 0. The van der Waals surface area contributed by atoms with Gasteiger partial charge in [0.2, 0.25) is 0 Å². The second-order valence-electron chi connectivity index (χ2n) is 2.10. The Bertz CT molecular complexity index is 68.7. The van der Waals surface area contributed by atoms with Crippen molar-refractivity contribution in [2.45, 2.75) is 19.3 Å². The standard InChI is InChI=1S/C5H12N2O.2ClH/c6-8-7-4-2-1-3-5-7;;/h1-6H2;2*1H. The Balaban J connectivity index is 0. The van der Waals surface area contributed by atoms with Gasteiger partial charge in [-0.15, -0.1) is 24.8 Å². The predicted molar refractivity (Wildman–Crippen MR) is 45.2 cm³/mol. The number of nitrogens with two attached hydrogens (primary N) is 1. The molecule has 0 aromatic carbocycles. The van der Waals surface area contributed by atoms with Gasteiger partial charge in [-0.2, -0.15) is 11.0 Å². The molecule has 3 nitrogen and oxygen atoms in total. The number of nitrogens with zero attached hydrogens (tertiary/aromatic N) is 1. The molecular formula is C5H14Cl2N2O. The number of hydroxylamine groups is 2. The average Bonchev–Trinajstić information content (AvgIpc) is 1.90. The highest BCUT2D eigenvalue weighted by Gasteiger charge is 2.07. The van der Waals surface area contributed by atoms with E-state index in [2.05, 4.69) is 4.94 Å². The third-order valence-electron chi connectivity index (χ3n) is 1.46. The number of halogens is 2. The number of hydrogen-bond donors (Lipinski definition) is 1. The molecule has 1 rings (SSSR count). The topological polar surface area (TPSA) is 38.5 Å². The van der Waals surface area contributed by atoms with Gasteiger partial charge in [-0.25, -0.2) is 4.94 Å². The molecule has 1 saturated heterocycles. The highest BCUT2D eigenvalue weighted by Crippen LogP contribution is 2.06. The summed E-state index contributed by atoms with van der Waals surface area (Å²) in [5, 5.41) is 1.80. The largest absolute Gasteiger partial charge is 0.214 e. The van der Waals surface area contributed by atoms with Crippen molar-refractivity contribution in [2.75, 3.05) is 13.1 Å². The molecule has 0 amide bonds. The van der Waals surface area contributed by atoms with E-state index in [1.165, 1.54) is 19.3 Å². The first-order chi connectivity index (χ1) is 3.93. The van der Waals surface area contributed by atoms with Crippen molar-refractivity contribution in [3.8, 4) is 0 Å². The summed E-state index contributed by atoms with van der Waals surface area (Å²) in [4.78, 5) is 4.52. The van der Waals surface area contributed by atoms with E-state index in [9.17, 15) is 0 Å². The fraction of sp³-hybridized carbons (Fsp3) is 1.00. The summed E-state index contributed by atoms with van der Waals surface area (Å²) in [7, 11) is 0. The van der Waals surface area contributed by atoms with E-state index in [4.69, 9.17) is 5.90 Å². The third-order valence-corrected chi connectivity index (χ3v) is 1.46. The summed E-state index contributed by atoms with van der Waals surface area (Å²) in [6, 6.07) is 0. The fourth-order valence-electron chi connectivity index (χ4n) is 0.970. The van der Waals surface area contributed by atoms with Crippen LogP contribution in [-0.2, 0) is 4.94 Å². The van der Waals surface area contributed by atoms with Crippen LogP contribution in [0.1, 0.15) is 19.3 Å². The Labute approximate surface area is 73.6 Å². The Morgan fingerprint density at radius 3 is 1.80 bits per heavy atom. The first kappa shape index (κ1) is 13.1. The maximum atomic E-state index is 4.93. The van der Waals surface area contributed by atoms with Crippen LogP contribution in [0.2, 0.25) is 0 Å². The van der Waals surface area contributed by atoms with Crippen molar-refractivity contribution in [3.63, 3.8) is 0 Å². The molecule has 2 N–H and O–H groups in total. The van der Waals surface area contributed by atoms with E-state index in [1.54, 1.807) is 5.06 Å². The maximum absolute atomic E-state index is 4.93. The van der Waals surface area contributed by atoms with Crippen LogP contribution >= 0.6 is 24.8 Å². The van der Waals surface area contributed by atoms with E-state index in [0.717, 1.165) is 13.1 Å². The Hall–Kier alpha value is 0.460. The Morgan fingerprint density at radius 2 is 1.50 bits per heavy atom. The number of piperidine rings is 1. The molecule has 0 bridgehead atoms. The lowest BCUT2D eigenvalue weighted by molar-refractivity contribution is -0.172. The van der Waals surface area contributed by atoms with Crippen LogP contribution in [0, 0.1) is 0 Å². The molecule has 0 saturated carbocycles. The average molecular weight is 189 g/mol. The first-order valence-corrected chi connectivity index (χ1v) is 3.05. The molecule has 1 aliphatic rings. The molecular weight excluding hydrogens is 175 g/mol. The summed E-state index contributed by atoms with van der Waals surface area (Å²) >= 11 is 0. The van der Waals surface area contributed by atoms with Crippen LogP contribution in [0.5, 0.6) is 0 Å². The minimum atomic E-state index is 0. The van der Waals surface area contributed by atoms with Gasteiger partial charge in [0.25, 0.3) is 0 Å². The number of hydrogen-bond acceptors (Lipinski definition) is 3. The molecule has 0 spiro atoms. The van der Waals surface area contributed by atoms with E-state index in [-0.39, 0.29) is 24.8 Å². The van der Waals surface area contributed by atoms with Crippen molar-refractivity contribution >= 4 is 24.8 Å². The molecule has 10 heavy (non-hydrogen) atoms. The van der Waals surface area contributed by atoms with Gasteiger partial charge in [0.15, 0.2) is 0 Å². The lowest BCUT2D eigenvalue weighted by atomic mass is 10.2. The van der Waals surface area contributed by atoms with E-state index >= 15 is 0 Å². The van der Waals surface area contributed by atoms with Gasteiger partial charge in [-0.05, 0) is 12.8 Å². The normalized spacial score (nSPS) is 18.9. The van der Waals surface area contributed by atoms with Crippen LogP contribution in [0.4, 0.5) is 0 Å². The Kier molecular flexibility index (Phi) is 9.90. The zero-order chi connectivity index (χ0) is 5.82. The van der Waals surface area contributed by atoms with Gasteiger partial charge in [0.1, 0.15) is 0 Å². The molecule has 64 valence electrons. The van der Waals surface area contributed by atoms with Gasteiger partial charge in [-0.1, -0.05) is 6.42 Å². The van der Waals surface area contributed by atoms with Crippen LogP contribution in [0.15, 0.2) is 0 Å². The van der Waals surface area contributed by atoms with E-state index < -0.39 is 0 Å². The SMILES string of the molecule is Cl.Cl.NON1CCCCC1. The van der Waals surface area contributed by atoms with Gasteiger partial charge in [0.05, 0.1) is 0 Å². The smallest absolute Gasteiger partial charge is 0.0259 e. The molecule has 0 aromatic heterocycles. The summed E-state index contributed by atoms with van der Waals surface area (Å²) in [6.07, 6.45) is 3.76. The fourth-order valence-corrected chi connectivity index (χ4v) is 0.970. The summed E-state index contributed by atoms with van der Waals surface area (Å²) in [6.45, 7) is 1.99. The van der Waals surface area contributed by atoms with Crippen molar-refractivity contribution in [2.24, 2.45) is 5.90 Å². The van der Waals surface area contributed by atoms with Crippen LogP contribution in [0.3, 0.4) is 0 Å². The van der Waals surface area contributed by atoms with Crippen molar-refractivity contribution in [1.29, 1.82) is 0 Å². The second-order valence-corrected chi connectivity index (χ2v) is 2.10. The highest BCUT2D eigenvalue weighted by molar-refractivity contribution is 5.85. The molecule has 1 fully saturated rings. The van der Waals surface area contributed by atoms with Crippen LogP contribution < -0.4 is 5.90 Å². The molecule has 1 heterocycles. The van der Waals surface area contributed by atoms with Crippen molar-refractivity contribution < 1.29 is 4.94 Å². The van der Waals surface area contributed by atoms with Crippen molar-refractivity contribution in [3.05, 3.63) is 0 Å². The summed E-state index contributed by atoms with van der Waals surface area (Å²) in [5.74, 6) is 4.93. The molecule has 0 aromatic rings. The summed E-state index contributed by atoms with van der Waals surface area (Å²) < 4.78 is 0. The monoisotopic (exact) mass is 188 g/mol. The highest BCUT2D eigenvalue weighted by atomic mass is 35.5. The molecule has 5 heteroatoms. The number of rotatable bonds is 1. The van der Waals surface area contributed by atoms with Gasteiger partial charge in [-0.3, -0.25) is 0 Å². The van der Waals surface area contributed by atoms with Crippen LogP contribution in [0.25, 0.3) is 0 Å². The Morgan fingerprint density at radius 1 is 1.00 bits per heavy atom. The zero-order valence-corrected chi connectivity index (χ0v) is 7.42. The third kappa shape index (κ3) is 4.30. The van der Waals surface area contributed by atoms with Gasteiger partial charge >= 0.3 is 0 Å². The quantitative estimate of drug-likeness (QED) is 0.628. The van der Waals surface area contributed by atoms with Gasteiger partial charge < -0.3 is 0 Å². The lowest BCUT2D eigenvalue weighted by Crippen LogP contribution is -2.32. The van der Waals surface area contributed by atoms with E-state index in [0.29, 0.717) is 0 Å². The lowest BCUT2D eigenvalue weighted by Gasteiger charge is -2.22. The molecule has 0 unspecified atom stereocenters. The zero-order valence-electron chi connectivity index (χ0n) is 5.78. The van der Waals surface area contributed by atoms with E-state index in [1.807, 2.05) is 0 Å². The predicted octanol–water partition coefficient (Wildman–Crippen LogP) is 1.12. The molecule has 0 atom stereocenters. The minimum Gasteiger partial charge on any atom is -0.214 e. The first-order valence-electron chi connectivity index (χ1n) is 3.05. The van der Waals surface area contributed by atoms with Crippen LogP contribution in [-0.4, -0.2) is 18.2 Å². The second kappa shape index (κ2) is 7.57. The maximum Gasteiger partial charge on any atom is 0.0259 e. The van der Waals surface area contributed by atoms with Crippen molar-refractivity contribution in [1.82, 2.24) is 5.06 Å². The van der Waals surface area contributed by atoms with Gasteiger partial charge in [0, 0.05) is 13.1 Å². The summed E-state index contributed by atoms with van der Waals surface area (Å²) in [5.41, 5.74) is 0. The molecule has 0 aliphatic carbocycles. The molecule has 0 radical (unpaired) electrons. The molecule has 1 aliphatic heterocycles.